The number of rotatable bonds is 1. The molecule has 0 aromatic heterocycles. The molecule has 1 aliphatic rings. The van der Waals surface area contributed by atoms with Crippen LogP contribution in [0.1, 0.15) is 33.1 Å². The fourth-order valence-electron chi connectivity index (χ4n) is 1.36. The lowest BCUT2D eigenvalue weighted by Gasteiger charge is -2.28. The quantitative estimate of drug-likeness (QED) is 0.455. The van der Waals surface area contributed by atoms with E-state index in [0.29, 0.717) is 0 Å². The summed E-state index contributed by atoms with van der Waals surface area (Å²) < 4.78 is 0. The van der Waals surface area contributed by atoms with Crippen molar-refractivity contribution in [3.05, 3.63) is 11.6 Å². The molecule has 1 unspecified atom stereocenters. The molecule has 0 heteroatoms. The number of hydrogen-bond donors (Lipinski definition) is 0. The molecule has 46 valence electrons. The van der Waals surface area contributed by atoms with Crippen LogP contribution in [0.4, 0.5) is 0 Å². The van der Waals surface area contributed by atoms with E-state index in [2.05, 4.69) is 19.9 Å². The van der Waals surface area contributed by atoms with Gasteiger partial charge in [0.15, 0.2) is 0 Å². The fourth-order valence-corrected chi connectivity index (χ4v) is 1.36. The predicted molar refractivity (Wildman–Crippen MR) is 36.8 cm³/mol. The molecule has 1 atom stereocenters. The highest BCUT2D eigenvalue weighted by Gasteiger charge is 2.20. The van der Waals surface area contributed by atoms with Crippen molar-refractivity contribution < 1.29 is 0 Å². The van der Waals surface area contributed by atoms with Gasteiger partial charge in [0.05, 0.1) is 0 Å². The molecule has 0 aromatic rings. The minimum Gasteiger partial charge on any atom is -0.0882 e. The van der Waals surface area contributed by atoms with Crippen LogP contribution in [-0.2, 0) is 0 Å². The van der Waals surface area contributed by atoms with Gasteiger partial charge in [-0.2, -0.15) is 0 Å². The predicted octanol–water partition coefficient (Wildman–Crippen LogP) is 2.75. The first kappa shape index (κ1) is 5.87. The van der Waals surface area contributed by atoms with Crippen LogP contribution in [-0.4, -0.2) is 0 Å². The smallest absolute Gasteiger partial charge is 0.0203 e. The number of hydrogen-bond acceptors (Lipinski definition) is 0. The molecule has 0 heterocycles. The highest BCUT2D eigenvalue weighted by atomic mass is 14.3. The second-order valence-electron chi connectivity index (χ2n) is 2.51. The van der Waals surface area contributed by atoms with Crippen LogP contribution < -0.4 is 0 Å². The molecule has 0 nitrogen and oxygen atoms in total. The third kappa shape index (κ3) is 0.795. The van der Waals surface area contributed by atoms with Crippen molar-refractivity contribution in [1.82, 2.24) is 0 Å². The maximum absolute atomic E-state index is 2.28. The van der Waals surface area contributed by atoms with E-state index in [9.17, 15) is 0 Å². The zero-order chi connectivity index (χ0) is 5.98. The van der Waals surface area contributed by atoms with E-state index < -0.39 is 0 Å². The molecule has 0 radical (unpaired) electrons. The van der Waals surface area contributed by atoms with Gasteiger partial charge >= 0.3 is 0 Å². The highest BCUT2D eigenvalue weighted by molar-refractivity contribution is 5.13. The Morgan fingerprint density at radius 3 is 2.62 bits per heavy atom. The Balaban J connectivity index is 2.38. The summed E-state index contributed by atoms with van der Waals surface area (Å²) in [6, 6.07) is 0. The molecule has 8 heavy (non-hydrogen) atoms. The van der Waals surface area contributed by atoms with Gasteiger partial charge in [-0.15, -0.1) is 0 Å². The summed E-state index contributed by atoms with van der Waals surface area (Å²) in [4.78, 5) is 0. The van der Waals surface area contributed by atoms with Crippen molar-refractivity contribution in [3.63, 3.8) is 0 Å². The van der Waals surface area contributed by atoms with Crippen molar-refractivity contribution in [2.24, 2.45) is 5.92 Å². The van der Waals surface area contributed by atoms with Crippen molar-refractivity contribution in [3.8, 4) is 0 Å². The lowest BCUT2D eigenvalue weighted by Crippen LogP contribution is -2.13. The van der Waals surface area contributed by atoms with Gasteiger partial charge in [0.1, 0.15) is 0 Å². The van der Waals surface area contributed by atoms with Crippen molar-refractivity contribution >= 4 is 0 Å². The zero-order valence-electron chi connectivity index (χ0n) is 5.78. The Morgan fingerprint density at radius 2 is 2.50 bits per heavy atom. The summed E-state index contributed by atoms with van der Waals surface area (Å²) in [5.41, 5.74) is 1.69. The maximum Gasteiger partial charge on any atom is -0.0203 e. The second kappa shape index (κ2) is 2.34. The summed E-state index contributed by atoms with van der Waals surface area (Å²) in [5.74, 6) is 0.958. The first-order valence-corrected chi connectivity index (χ1v) is 3.53. The molecule has 0 amide bonds. The topological polar surface area (TPSA) is 0 Å². The van der Waals surface area contributed by atoms with Crippen molar-refractivity contribution in [1.29, 1.82) is 0 Å². The van der Waals surface area contributed by atoms with Gasteiger partial charge in [-0.3, -0.25) is 0 Å². The molecule has 1 aliphatic carbocycles. The van der Waals surface area contributed by atoms with Crippen molar-refractivity contribution in [2.75, 3.05) is 0 Å². The van der Waals surface area contributed by atoms with E-state index in [1.807, 2.05) is 0 Å². The SMILES string of the molecule is CC=C1CCC1CC. The van der Waals surface area contributed by atoms with Crippen LogP contribution in [0.3, 0.4) is 0 Å². The Labute approximate surface area is 51.6 Å². The first-order chi connectivity index (χ1) is 3.88. The summed E-state index contributed by atoms with van der Waals surface area (Å²) in [6.07, 6.45) is 6.43. The Kier molecular flexibility index (Phi) is 1.72. The van der Waals surface area contributed by atoms with E-state index in [4.69, 9.17) is 0 Å². The lowest BCUT2D eigenvalue weighted by molar-refractivity contribution is 0.429. The Hall–Kier alpha value is -0.260. The van der Waals surface area contributed by atoms with Gasteiger partial charge in [-0.05, 0) is 32.1 Å². The van der Waals surface area contributed by atoms with Crippen LogP contribution in [0.25, 0.3) is 0 Å². The van der Waals surface area contributed by atoms with Gasteiger partial charge in [-0.1, -0.05) is 18.6 Å². The minimum atomic E-state index is 0.958. The van der Waals surface area contributed by atoms with Gasteiger partial charge in [0, 0.05) is 0 Å². The van der Waals surface area contributed by atoms with Gasteiger partial charge in [0.2, 0.25) is 0 Å². The Bertz CT molecular complexity index is 98.6. The van der Waals surface area contributed by atoms with E-state index in [0.717, 1.165) is 5.92 Å². The molecule has 0 bridgehead atoms. The molecular formula is C8H14. The van der Waals surface area contributed by atoms with Crippen LogP contribution in [0, 0.1) is 5.92 Å². The minimum absolute atomic E-state index is 0.958. The average Bonchev–Trinajstić information content (AvgIpc) is 1.66. The third-order valence-electron chi connectivity index (χ3n) is 2.17. The Morgan fingerprint density at radius 1 is 1.75 bits per heavy atom. The van der Waals surface area contributed by atoms with Gasteiger partial charge in [0.25, 0.3) is 0 Å². The van der Waals surface area contributed by atoms with E-state index in [1.165, 1.54) is 19.3 Å². The lowest BCUT2D eigenvalue weighted by atomic mass is 9.78. The summed E-state index contributed by atoms with van der Waals surface area (Å²) >= 11 is 0. The summed E-state index contributed by atoms with van der Waals surface area (Å²) in [6.45, 7) is 4.42. The maximum atomic E-state index is 2.28. The molecular weight excluding hydrogens is 96.1 g/mol. The number of allylic oxidation sites excluding steroid dienone is 2. The molecule has 0 saturated heterocycles. The van der Waals surface area contributed by atoms with Crippen LogP contribution in [0.2, 0.25) is 0 Å². The third-order valence-corrected chi connectivity index (χ3v) is 2.17. The van der Waals surface area contributed by atoms with E-state index in [1.54, 1.807) is 5.57 Å². The van der Waals surface area contributed by atoms with Gasteiger partial charge in [-0.25, -0.2) is 0 Å². The molecule has 1 rings (SSSR count). The van der Waals surface area contributed by atoms with Gasteiger partial charge < -0.3 is 0 Å². The normalized spacial score (nSPS) is 32.8. The fraction of sp³-hybridized carbons (Fsp3) is 0.750. The largest absolute Gasteiger partial charge is 0.0882 e. The summed E-state index contributed by atoms with van der Waals surface area (Å²) in [5, 5.41) is 0. The average molecular weight is 110 g/mol. The highest BCUT2D eigenvalue weighted by Crippen LogP contribution is 2.35. The molecule has 0 N–H and O–H groups in total. The van der Waals surface area contributed by atoms with Crippen LogP contribution in [0.5, 0.6) is 0 Å². The molecule has 0 aromatic carbocycles. The van der Waals surface area contributed by atoms with Crippen molar-refractivity contribution in [2.45, 2.75) is 33.1 Å². The second-order valence-corrected chi connectivity index (χ2v) is 2.51. The monoisotopic (exact) mass is 110 g/mol. The first-order valence-electron chi connectivity index (χ1n) is 3.53. The summed E-state index contributed by atoms with van der Waals surface area (Å²) in [7, 11) is 0. The molecule has 0 spiro atoms. The standard InChI is InChI=1S/C8H14/c1-3-7-5-6-8(7)4-2/h3,8H,4-6H2,1-2H3. The molecule has 1 saturated carbocycles. The molecule has 0 aliphatic heterocycles. The van der Waals surface area contributed by atoms with Crippen LogP contribution in [0.15, 0.2) is 11.6 Å². The van der Waals surface area contributed by atoms with E-state index in [-0.39, 0.29) is 0 Å². The molecule has 1 fully saturated rings. The zero-order valence-corrected chi connectivity index (χ0v) is 5.78. The van der Waals surface area contributed by atoms with Crippen LogP contribution >= 0.6 is 0 Å². The van der Waals surface area contributed by atoms with E-state index >= 15 is 0 Å².